The van der Waals surface area contributed by atoms with Gasteiger partial charge in [0.2, 0.25) is 0 Å². The molecular weight excluding hydrogens is 278 g/mol. The number of carbonyl (C=O) groups is 1. The molecule has 1 fully saturated rings. The van der Waals surface area contributed by atoms with Gasteiger partial charge in [0.15, 0.2) is 0 Å². The van der Waals surface area contributed by atoms with Gasteiger partial charge in [-0.2, -0.15) is 0 Å². The predicted octanol–water partition coefficient (Wildman–Crippen LogP) is 3.51. The molecule has 4 heteroatoms. The number of amides is 1. The minimum atomic E-state index is 0.0782. The van der Waals surface area contributed by atoms with Gasteiger partial charge in [0, 0.05) is 18.7 Å². The van der Waals surface area contributed by atoms with E-state index in [0.29, 0.717) is 26.3 Å². The Hall–Kier alpha value is -1.55. The molecule has 0 bridgehead atoms. The molecule has 0 aromatic heterocycles. The van der Waals surface area contributed by atoms with Crippen LogP contribution in [0.15, 0.2) is 24.3 Å². The molecule has 1 saturated heterocycles. The molecule has 1 aromatic rings. The van der Waals surface area contributed by atoms with Gasteiger partial charge in [0.05, 0.1) is 19.8 Å². The van der Waals surface area contributed by atoms with Crippen molar-refractivity contribution in [2.75, 3.05) is 32.9 Å². The molecule has 4 nitrogen and oxygen atoms in total. The minimum absolute atomic E-state index is 0.0782. The molecule has 0 radical (unpaired) electrons. The molecular formula is C18H27NO3. The van der Waals surface area contributed by atoms with Crippen LogP contribution in [-0.4, -0.2) is 43.7 Å². The number of unbranched alkanes of at least 4 members (excludes halogenated alkanes) is 4. The average Bonchev–Trinajstić information content (AvgIpc) is 2.59. The van der Waals surface area contributed by atoms with E-state index >= 15 is 0 Å². The van der Waals surface area contributed by atoms with Crippen LogP contribution in [0.25, 0.3) is 0 Å². The predicted molar refractivity (Wildman–Crippen MR) is 87.4 cm³/mol. The maximum Gasteiger partial charge on any atom is 0.254 e. The van der Waals surface area contributed by atoms with Crippen molar-refractivity contribution in [2.24, 2.45) is 0 Å². The van der Waals surface area contributed by atoms with Crippen LogP contribution in [0.3, 0.4) is 0 Å². The summed E-state index contributed by atoms with van der Waals surface area (Å²) < 4.78 is 11.0. The molecule has 0 aliphatic carbocycles. The van der Waals surface area contributed by atoms with Crippen molar-refractivity contribution in [2.45, 2.75) is 39.0 Å². The van der Waals surface area contributed by atoms with Crippen molar-refractivity contribution >= 4 is 5.91 Å². The maximum atomic E-state index is 12.3. The van der Waals surface area contributed by atoms with Crippen LogP contribution in [-0.2, 0) is 4.74 Å². The van der Waals surface area contributed by atoms with E-state index in [0.717, 1.165) is 24.3 Å². The molecule has 0 unspecified atom stereocenters. The van der Waals surface area contributed by atoms with E-state index in [1.54, 1.807) is 0 Å². The quantitative estimate of drug-likeness (QED) is 0.690. The van der Waals surface area contributed by atoms with Crippen molar-refractivity contribution in [1.82, 2.24) is 4.90 Å². The average molecular weight is 305 g/mol. The van der Waals surface area contributed by atoms with E-state index in [4.69, 9.17) is 9.47 Å². The molecule has 0 saturated carbocycles. The first-order valence-corrected chi connectivity index (χ1v) is 8.41. The van der Waals surface area contributed by atoms with Crippen LogP contribution >= 0.6 is 0 Å². The van der Waals surface area contributed by atoms with Gasteiger partial charge < -0.3 is 14.4 Å². The summed E-state index contributed by atoms with van der Waals surface area (Å²) in [6.07, 6.45) is 6.17. The van der Waals surface area contributed by atoms with Crippen LogP contribution in [0, 0.1) is 0 Å². The van der Waals surface area contributed by atoms with Gasteiger partial charge >= 0.3 is 0 Å². The zero-order valence-electron chi connectivity index (χ0n) is 13.6. The monoisotopic (exact) mass is 305 g/mol. The number of nitrogens with zero attached hydrogens (tertiary/aromatic N) is 1. The van der Waals surface area contributed by atoms with Crippen molar-refractivity contribution < 1.29 is 14.3 Å². The fourth-order valence-electron chi connectivity index (χ4n) is 2.54. The van der Waals surface area contributed by atoms with E-state index in [1.165, 1.54) is 25.7 Å². The lowest BCUT2D eigenvalue weighted by Gasteiger charge is -2.26. The summed E-state index contributed by atoms with van der Waals surface area (Å²) in [4.78, 5) is 14.1. The topological polar surface area (TPSA) is 38.8 Å². The number of carbonyl (C=O) groups excluding carboxylic acids is 1. The highest BCUT2D eigenvalue weighted by atomic mass is 16.5. The smallest absolute Gasteiger partial charge is 0.254 e. The van der Waals surface area contributed by atoms with Gasteiger partial charge in [-0.3, -0.25) is 4.79 Å². The summed E-state index contributed by atoms with van der Waals surface area (Å²) in [5, 5.41) is 0. The van der Waals surface area contributed by atoms with E-state index in [9.17, 15) is 4.79 Å². The molecule has 2 rings (SSSR count). The fraction of sp³-hybridized carbons (Fsp3) is 0.611. The fourth-order valence-corrected chi connectivity index (χ4v) is 2.54. The summed E-state index contributed by atoms with van der Waals surface area (Å²) >= 11 is 0. The molecule has 1 aromatic carbocycles. The van der Waals surface area contributed by atoms with Crippen molar-refractivity contribution in [3.05, 3.63) is 29.8 Å². The van der Waals surface area contributed by atoms with Gasteiger partial charge in [-0.1, -0.05) is 32.6 Å². The Morgan fingerprint density at radius 3 is 2.45 bits per heavy atom. The molecule has 0 N–H and O–H groups in total. The summed E-state index contributed by atoms with van der Waals surface area (Å²) in [5.74, 6) is 0.920. The zero-order valence-corrected chi connectivity index (χ0v) is 13.6. The third-order valence-corrected chi connectivity index (χ3v) is 3.92. The van der Waals surface area contributed by atoms with E-state index in [2.05, 4.69) is 6.92 Å². The number of morpholine rings is 1. The third-order valence-electron chi connectivity index (χ3n) is 3.92. The molecule has 0 atom stereocenters. The van der Waals surface area contributed by atoms with Crippen LogP contribution in [0.5, 0.6) is 5.75 Å². The van der Waals surface area contributed by atoms with Crippen molar-refractivity contribution in [3.63, 3.8) is 0 Å². The zero-order chi connectivity index (χ0) is 15.6. The Bertz CT molecular complexity index is 438. The molecule has 22 heavy (non-hydrogen) atoms. The molecule has 1 amide bonds. The molecule has 122 valence electrons. The van der Waals surface area contributed by atoms with Crippen LogP contribution < -0.4 is 4.74 Å². The molecule has 0 spiro atoms. The first-order valence-electron chi connectivity index (χ1n) is 8.41. The highest BCUT2D eigenvalue weighted by Crippen LogP contribution is 2.15. The maximum absolute atomic E-state index is 12.3. The van der Waals surface area contributed by atoms with Crippen LogP contribution in [0.4, 0.5) is 0 Å². The SMILES string of the molecule is CCCCCCCOc1ccc(C(=O)N2CCOCC2)cc1. The van der Waals surface area contributed by atoms with E-state index < -0.39 is 0 Å². The highest BCUT2D eigenvalue weighted by molar-refractivity contribution is 5.94. The number of rotatable bonds is 8. The number of hydrogen-bond acceptors (Lipinski definition) is 3. The molecule has 1 heterocycles. The van der Waals surface area contributed by atoms with Gasteiger partial charge in [-0.15, -0.1) is 0 Å². The summed E-state index contributed by atoms with van der Waals surface area (Å²) in [5.41, 5.74) is 0.720. The lowest BCUT2D eigenvalue weighted by atomic mass is 10.1. The largest absolute Gasteiger partial charge is 0.494 e. The van der Waals surface area contributed by atoms with Crippen molar-refractivity contribution in [3.8, 4) is 5.75 Å². The normalized spacial score (nSPS) is 14.9. The van der Waals surface area contributed by atoms with Crippen LogP contribution in [0.1, 0.15) is 49.4 Å². The molecule has 1 aliphatic heterocycles. The minimum Gasteiger partial charge on any atom is -0.494 e. The summed E-state index contributed by atoms with van der Waals surface area (Å²) in [6.45, 7) is 5.58. The lowest BCUT2D eigenvalue weighted by Crippen LogP contribution is -2.40. The Morgan fingerprint density at radius 1 is 1.09 bits per heavy atom. The van der Waals surface area contributed by atoms with Crippen molar-refractivity contribution in [1.29, 1.82) is 0 Å². The second-order valence-corrected chi connectivity index (χ2v) is 5.69. The van der Waals surface area contributed by atoms with E-state index in [1.807, 2.05) is 29.2 Å². The van der Waals surface area contributed by atoms with E-state index in [-0.39, 0.29) is 5.91 Å². The number of ether oxygens (including phenoxy) is 2. The Labute approximate surface area is 133 Å². The van der Waals surface area contributed by atoms with Gasteiger partial charge in [-0.25, -0.2) is 0 Å². The second kappa shape index (κ2) is 9.46. The number of benzene rings is 1. The Morgan fingerprint density at radius 2 is 1.77 bits per heavy atom. The highest BCUT2D eigenvalue weighted by Gasteiger charge is 2.18. The first kappa shape index (κ1) is 16.8. The molecule has 1 aliphatic rings. The van der Waals surface area contributed by atoms with Gasteiger partial charge in [0.25, 0.3) is 5.91 Å². The number of hydrogen-bond donors (Lipinski definition) is 0. The van der Waals surface area contributed by atoms with Crippen LogP contribution in [0.2, 0.25) is 0 Å². The standard InChI is InChI=1S/C18H27NO3/c1-2-3-4-5-6-13-22-17-9-7-16(8-10-17)18(20)19-11-14-21-15-12-19/h7-10H,2-6,11-15H2,1H3. The van der Waals surface area contributed by atoms with Gasteiger partial charge in [-0.05, 0) is 30.7 Å². The summed E-state index contributed by atoms with van der Waals surface area (Å²) in [7, 11) is 0. The Balaban J connectivity index is 1.73. The van der Waals surface area contributed by atoms with Gasteiger partial charge in [0.1, 0.15) is 5.75 Å². The second-order valence-electron chi connectivity index (χ2n) is 5.69. The third kappa shape index (κ3) is 5.34. The lowest BCUT2D eigenvalue weighted by molar-refractivity contribution is 0.0303. The summed E-state index contributed by atoms with van der Waals surface area (Å²) in [6, 6.07) is 7.48. The first-order chi connectivity index (χ1) is 10.8. The Kier molecular flexibility index (Phi) is 7.23.